The number of hydrogen-bond acceptors (Lipinski definition) is 4. The molecule has 1 saturated heterocycles. The molecule has 1 fully saturated rings. The smallest absolute Gasteiger partial charge is 0.393 e. The van der Waals surface area contributed by atoms with Crippen LogP contribution in [-0.4, -0.2) is 34.3 Å². The van der Waals surface area contributed by atoms with Gasteiger partial charge in [0, 0.05) is 18.5 Å². The lowest BCUT2D eigenvalue weighted by Crippen LogP contribution is -2.36. The van der Waals surface area contributed by atoms with Crippen molar-refractivity contribution in [3.63, 3.8) is 0 Å². The SMILES string of the molecule is OC1CCN(c2nc(C(F)(F)F)nc3ccccc23)CC1. The minimum absolute atomic E-state index is 0.279. The van der Waals surface area contributed by atoms with Crippen LogP contribution < -0.4 is 4.90 Å². The molecule has 21 heavy (non-hydrogen) atoms. The zero-order chi connectivity index (χ0) is 15.0. The van der Waals surface area contributed by atoms with E-state index < -0.39 is 18.1 Å². The van der Waals surface area contributed by atoms with Crippen LogP contribution >= 0.6 is 0 Å². The van der Waals surface area contributed by atoms with Crippen molar-refractivity contribution in [3.8, 4) is 0 Å². The maximum Gasteiger partial charge on any atom is 0.451 e. The Balaban J connectivity index is 2.11. The number of nitrogens with zero attached hydrogens (tertiary/aromatic N) is 3. The third-order valence-corrected chi connectivity index (χ3v) is 3.60. The Morgan fingerprint density at radius 3 is 2.43 bits per heavy atom. The number of piperidine rings is 1. The molecule has 0 radical (unpaired) electrons. The number of aromatic nitrogens is 2. The predicted molar refractivity (Wildman–Crippen MR) is 72.0 cm³/mol. The topological polar surface area (TPSA) is 49.2 Å². The summed E-state index contributed by atoms with van der Waals surface area (Å²) >= 11 is 0. The molecular formula is C14H14F3N3O. The molecule has 1 N–H and O–H groups in total. The van der Waals surface area contributed by atoms with Gasteiger partial charge in [0.2, 0.25) is 5.82 Å². The van der Waals surface area contributed by atoms with Gasteiger partial charge in [-0.25, -0.2) is 9.97 Å². The van der Waals surface area contributed by atoms with E-state index in [1.54, 1.807) is 29.2 Å². The fourth-order valence-electron chi connectivity index (χ4n) is 2.51. The van der Waals surface area contributed by atoms with E-state index in [0.29, 0.717) is 37.1 Å². The third kappa shape index (κ3) is 2.78. The number of fused-ring (bicyclic) bond motifs is 1. The van der Waals surface area contributed by atoms with Gasteiger partial charge in [0.15, 0.2) is 0 Å². The van der Waals surface area contributed by atoms with Crippen LogP contribution in [0.5, 0.6) is 0 Å². The summed E-state index contributed by atoms with van der Waals surface area (Å²) in [5.74, 6) is -0.831. The highest BCUT2D eigenvalue weighted by molar-refractivity contribution is 5.89. The van der Waals surface area contributed by atoms with Crippen molar-refractivity contribution in [1.29, 1.82) is 0 Å². The second kappa shape index (κ2) is 5.14. The van der Waals surface area contributed by atoms with Crippen molar-refractivity contribution in [2.24, 2.45) is 0 Å². The minimum atomic E-state index is -4.58. The first-order valence-electron chi connectivity index (χ1n) is 6.72. The molecule has 0 bridgehead atoms. The number of hydrogen-bond donors (Lipinski definition) is 1. The molecule has 4 nitrogen and oxygen atoms in total. The zero-order valence-corrected chi connectivity index (χ0v) is 11.1. The molecule has 112 valence electrons. The molecule has 0 spiro atoms. The third-order valence-electron chi connectivity index (χ3n) is 3.60. The molecule has 7 heteroatoms. The number of rotatable bonds is 1. The van der Waals surface area contributed by atoms with E-state index in [1.165, 1.54) is 0 Å². The van der Waals surface area contributed by atoms with Crippen LogP contribution in [-0.2, 0) is 6.18 Å². The van der Waals surface area contributed by atoms with Crippen LogP contribution in [0, 0.1) is 0 Å². The van der Waals surface area contributed by atoms with E-state index in [9.17, 15) is 18.3 Å². The molecule has 0 amide bonds. The highest BCUT2D eigenvalue weighted by Crippen LogP contribution is 2.32. The number of benzene rings is 1. The van der Waals surface area contributed by atoms with Gasteiger partial charge in [0.1, 0.15) is 5.82 Å². The highest BCUT2D eigenvalue weighted by atomic mass is 19.4. The van der Waals surface area contributed by atoms with Gasteiger partial charge in [-0.15, -0.1) is 0 Å². The van der Waals surface area contributed by atoms with Crippen LogP contribution in [0.4, 0.5) is 19.0 Å². The van der Waals surface area contributed by atoms with Crippen molar-refractivity contribution in [1.82, 2.24) is 9.97 Å². The maximum atomic E-state index is 12.9. The number of halogens is 3. The lowest BCUT2D eigenvalue weighted by Gasteiger charge is -2.31. The molecule has 1 aromatic carbocycles. The lowest BCUT2D eigenvalue weighted by molar-refractivity contribution is -0.144. The second-order valence-corrected chi connectivity index (χ2v) is 5.10. The number of para-hydroxylation sites is 1. The summed E-state index contributed by atoms with van der Waals surface area (Å²) in [6, 6.07) is 6.67. The van der Waals surface area contributed by atoms with Crippen molar-refractivity contribution < 1.29 is 18.3 Å². The number of aliphatic hydroxyl groups is 1. The molecule has 0 saturated carbocycles. The van der Waals surface area contributed by atoms with E-state index in [-0.39, 0.29) is 5.52 Å². The molecule has 1 aliphatic heterocycles. The molecule has 0 aliphatic carbocycles. The monoisotopic (exact) mass is 297 g/mol. The standard InChI is InChI=1S/C14H14F3N3O/c15-14(16,17)13-18-11-4-2-1-3-10(11)12(19-13)20-7-5-9(21)6-8-20/h1-4,9,21H,5-8H2. The van der Waals surface area contributed by atoms with E-state index in [2.05, 4.69) is 9.97 Å². The van der Waals surface area contributed by atoms with E-state index in [4.69, 9.17) is 0 Å². The van der Waals surface area contributed by atoms with E-state index in [0.717, 1.165) is 0 Å². The summed E-state index contributed by atoms with van der Waals surface area (Å²) in [4.78, 5) is 9.12. The zero-order valence-electron chi connectivity index (χ0n) is 11.1. The average Bonchev–Trinajstić information content (AvgIpc) is 2.46. The first kappa shape index (κ1) is 14.1. The van der Waals surface area contributed by atoms with Crippen molar-refractivity contribution in [3.05, 3.63) is 30.1 Å². The lowest BCUT2D eigenvalue weighted by atomic mass is 10.1. The highest BCUT2D eigenvalue weighted by Gasteiger charge is 2.36. The Hall–Kier alpha value is -1.89. The molecule has 1 aliphatic rings. The maximum absolute atomic E-state index is 12.9. The molecule has 0 unspecified atom stereocenters. The van der Waals surface area contributed by atoms with Gasteiger partial charge in [0.05, 0.1) is 11.6 Å². The van der Waals surface area contributed by atoms with Crippen LogP contribution in [0.3, 0.4) is 0 Å². The normalized spacial score (nSPS) is 17.4. The largest absolute Gasteiger partial charge is 0.451 e. The summed E-state index contributed by atoms with van der Waals surface area (Å²) in [6.07, 6.45) is -3.91. The fourth-order valence-corrected chi connectivity index (χ4v) is 2.51. The van der Waals surface area contributed by atoms with Gasteiger partial charge in [-0.05, 0) is 25.0 Å². The fraction of sp³-hybridized carbons (Fsp3) is 0.429. The van der Waals surface area contributed by atoms with Crippen molar-refractivity contribution in [2.75, 3.05) is 18.0 Å². The first-order valence-corrected chi connectivity index (χ1v) is 6.72. The van der Waals surface area contributed by atoms with E-state index >= 15 is 0 Å². The summed E-state index contributed by atoms with van der Waals surface area (Å²) in [5, 5.41) is 10.1. The molecule has 3 rings (SSSR count). The molecule has 1 aromatic heterocycles. The van der Waals surface area contributed by atoms with Gasteiger partial charge in [-0.3, -0.25) is 0 Å². The predicted octanol–water partition coefficient (Wildman–Crippen LogP) is 2.61. The Morgan fingerprint density at radius 1 is 1.10 bits per heavy atom. The summed E-state index contributed by atoms with van der Waals surface area (Å²) < 4.78 is 38.8. The Morgan fingerprint density at radius 2 is 1.76 bits per heavy atom. The average molecular weight is 297 g/mol. The Kier molecular flexibility index (Phi) is 3.44. The molecule has 0 atom stereocenters. The molecular weight excluding hydrogens is 283 g/mol. The number of aliphatic hydroxyl groups excluding tert-OH is 1. The molecule has 2 aromatic rings. The van der Waals surface area contributed by atoms with Crippen molar-refractivity contribution >= 4 is 16.7 Å². The second-order valence-electron chi connectivity index (χ2n) is 5.10. The van der Waals surface area contributed by atoms with E-state index in [1.807, 2.05) is 0 Å². The summed E-state index contributed by atoms with van der Waals surface area (Å²) in [7, 11) is 0. The van der Waals surface area contributed by atoms with Gasteiger partial charge in [-0.1, -0.05) is 12.1 Å². The van der Waals surface area contributed by atoms with Crippen LogP contribution in [0.15, 0.2) is 24.3 Å². The molecule has 2 heterocycles. The van der Waals surface area contributed by atoms with Gasteiger partial charge in [0.25, 0.3) is 0 Å². The van der Waals surface area contributed by atoms with Gasteiger partial charge in [-0.2, -0.15) is 13.2 Å². The van der Waals surface area contributed by atoms with Crippen LogP contribution in [0.25, 0.3) is 10.9 Å². The summed E-state index contributed by atoms with van der Waals surface area (Å²) in [5.41, 5.74) is 0.279. The minimum Gasteiger partial charge on any atom is -0.393 e. The number of alkyl halides is 3. The Labute approximate surface area is 119 Å². The number of anilines is 1. The van der Waals surface area contributed by atoms with Crippen LogP contribution in [0.1, 0.15) is 18.7 Å². The van der Waals surface area contributed by atoms with Gasteiger partial charge < -0.3 is 10.0 Å². The van der Waals surface area contributed by atoms with Crippen molar-refractivity contribution in [2.45, 2.75) is 25.1 Å². The quantitative estimate of drug-likeness (QED) is 0.879. The Bertz CT molecular complexity index is 651. The van der Waals surface area contributed by atoms with Crippen LogP contribution in [0.2, 0.25) is 0 Å². The summed E-state index contributed by atoms with van der Waals surface area (Å²) in [6.45, 7) is 0.971. The van der Waals surface area contributed by atoms with Gasteiger partial charge >= 0.3 is 6.18 Å². The first-order chi connectivity index (χ1) is 9.95.